The summed E-state index contributed by atoms with van der Waals surface area (Å²) in [6.07, 6.45) is 1.06. The number of sulfonamides is 1. The molecule has 1 aromatic heterocycles. The zero-order chi connectivity index (χ0) is 11.6. The molecule has 0 aliphatic carbocycles. The summed E-state index contributed by atoms with van der Waals surface area (Å²) < 4.78 is 26.1. The van der Waals surface area contributed by atoms with Crippen LogP contribution in [0.3, 0.4) is 0 Å². The van der Waals surface area contributed by atoms with Crippen LogP contribution < -0.4 is 5.32 Å². The maximum atomic E-state index is 12.1. The van der Waals surface area contributed by atoms with Crippen molar-refractivity contribution in [3.05, 3.63) is 17.5 Å². The molecule has 1 atom stereocenters. The van der Waals surface area contributed by atoms with Crippen LogP contribution in [0.2, 0.25) is 0 Å². The van der Waals surface area contributed by atoms with Crippen LogP contribution in [-0.4, -0.2) is 39.4 Å². The predicted molar refractivity (Wildman–Crippen MR) is 65.1 cm³/mol. The van der Waals surface area contributed by atoms with Crippen LogP contribution in [-0.2, 0) is 10.0 Å². The highest BCUT2D eigenvalue weighted by molar-refractivity contribution is 7.91. The average molecular weight is 260 g/mol. The van der Waals surface area contributed by atoms with Gasteiger partial charge in [-0.25, -0.2) is 8.42 Å². The van der Waals surface area contributed by atoms with Gasteiger partial charge < -0.3 is 5.32 Å². The zero-order valence-corrected chi connectivity index (χ0v) is 10.9. The highest BCUT2D eigenvalue weighted by atomic mass is 32.2. The Kier molecular flexibility index (Phi) is 3.63. The topological polar surface area (TPSA) is 49.4 Å². The molecular formula is C10H16N2O2S2. The Hall–Kier alpha value is -0.430. The molecule has 1 aliphatic rings. The molecule has 1 aromatic rings. The standard InChI is InChI=1S/C10H16N2O2S2/c1-12(8-9-4-5-11-7-9)16(13,14)10-3-2-6-15-10/h2-3,6,9,11H,4-5,7-8H2,1H3/t9-/m1/s1. The van der Waals surface area contributed by atoms with Crippen molar-refractivity contribution in [3.63, 3.8) is 0 Å². The molecule has 1 aliphatic heterocycles. The van der Waals surface area contributed by atoms with E-state index in [2.05, 4.69) is 5.32 Å². The van der Waals surface area contributed by atoms with Crippen molar-refractivity contribution >= 4 is 21.4 Å². The summed E-state index contributed by atoms with van der Waals surface area (Å²) >= 11 is 1.27. The fraction of sp³-hybridized carbons (Fsp3) is 0.600. The summed E-state index contributed by atoms with van der Waals surface area (Å²) in [4.78, 5) is 0. The van der Waals surface area contributed by atoms with Gasteiger partial charge in [0, 0.05) is 13.6 Å². The van der Waals surface area contributed by atoms with E-state index in [-0.39, 0.29) is 0 Å². The fourth-order valence-electron chi connectivity index (χ4n) is 1.90. The molecule has 0 aromatic carbocycles. The van der Waals surface area contributed by atoms with Gasteiger partial charge in [-0.15, -0.1) is 11.3 Å². The molecule has 2 heterocycles. The van der Waals surface area contributed by atoms with Crippen LogP contribution in [0.25, 0.3) is 0 Å². The lowest BCUT2D eigenvalue weighted by Gasteiger charge is -2.19. The van der Waals surface area contributed by atoms with Gasteiger partial charge in [-0.3, -0.25) is 0 Å². The van der Waals surface area contributed by atoms with Crippen molar-refractivity contribution in [3.8, 4) is 0 Å². The monoisotopic (exact) mass is 260 g/mol. The number of nitrogens with zero attached hydrogens (tertiary/aromatic N) is 1. The van der Waals surface area contributed by atoms with Crippen LogP contribution in [0.5, 0.6) is 0 Å². The Balaban J connectivity index is 2.06. The highest BCUT2D eigenvalue weighted by Crippen LogP contribution is 2.21. The number of hydrogen-bond acceptors (Lipinski definition) is 4. The summed E-state index contributed by atoms with van der Waals surface area (Å²) in [6.45, 7) is 2.52. The Bertz CT molecular complexity index is 422. The first-order valence-electron chi connectivity index (χ1n) is 5.31. The van der Waals surface area contributed by atoms with E-state index >= 15 is 0 Å². The predicted octanol–water partition coefficient (Wildman–Crippen LogP) is 0.978. The first-order valence-corrected chi connectivity index (χ1v) is 7.63. The maximum Gasteiger partial charge on any atom is 0.252 e. The molecule has 1 saturated heterocycles. The SMILES string of the molecule is CN(C[C@@H]1CCNC1)S(=O)(=O)c1cccs1. The van der Waals surface area contributed by atoms with Crippen LogP contribution in [0.4, 0.5) is 0 Å². The van der Waals surface area contributed by atoms with E-state index in [1.54, 1.807) is 24.6 Å². The van der Waals surface area contributed by atoms with Gasteiger partial charge in [0.05, 0.1) is 0 Å². The van der Waals surface area contributed by atoms with Crippen LogP contribution in [0.1, 0.15) is 6.42 Å². The molecule has 90 valence electrons. The summed E-state index contributed by atoms with van der Waals surface area (Å²) in [5.41, 5.74) is 0. The molecule has 2 rings (SSSR count). The minimum absolute atomic E-state index is 0.431. The lowest BCUT2D eigenvalue weighted by atomic mass is 10.1. The van der Waals surface area contributed by atoms with E-state index < -0.39 is 10.0 Å². The fourth-order valence-corrected chi connectivity index (χ4v) is 4.34. The first-order chi connectivity index (χ1) is 7.60. The van der Waals surface area contributed by atoms with Gasteiger partial charge in [0.1, 0.15) is 4.21 Å². The summed E-state index contributed by atoms with van der Waals surface area (Å²) in [7, 11) is -1.60. The largest absolute Gasteiger partial charge is 0.316 e. The Morgan fingerprint density at radius 2 is 2.44 bits per heavy atom. The van der Waals surface area contributed by atoms with Gasteiger partial charge in [0.2, 0.25) is 0 Å². The minimum Gasteiger partial charge on any atom is -0.316 e. The van der Waals surface area contributed by atoms with Crippen molar-refractivity contribution in [2.24, 2.45) is 5.92 Å². The number of hydrogen-bond donors (Lipinski definition) is 1. The number of rotatable bonds is 4. The van der Waals surface area contributed by atoms with E-state index in [0.717, 1.165) is 19.5 Å². The third kappa shape index (κ3) is 2.45. The molecule has 1 N–H and O–H groups in total. The summed E-state index contributed by atoms with van der Waals surface area (Å²) in [5.74, 6) is 0.444. The van der Waals surface area contributed by atoms with Gasteiger partial charge in [-0.2, -0.15) is 4.31 Å². The van der Waals surface area contributed by atoms with Crippen LogP contribution in [0.15, 0.2) is 21.7 Å². The molecule has 0 unspecified atom stereocenters. The quantitative estimate of drug-likeness (QED) is 0.878. The lowest BCUT2D eigenvalue weighted by molar-refractivity contribution is 0.400. The number of thiophene rings is 1. The van der Waals surface area contributed by atoms with E-state index in [1.165, 1.54) is 15.6 Å². The Morgan fingerprint density at radius 3 is 3.00 bits per heavy atom. The van der Waals surface area contributed by atoms with E-state index in [0.29, 0.717) is 16.7 Å². The van der Waals surface area contributed by atoms with E-state index in [9.17, 15) is 8.42 Å². The smallest absolute Gasteiger partial charge is 0.252 e. The Morgan fingerprint density at radius 1 is 1.62 bits per heavy atom. The van der Waals surface area contributed by atoms with Crippen molar-refractivity contribution < 1.29 is 8.42 Å². The molecule has 0 amide bonds. The molecule has 0 radical (unpaired) electrons. The second kappa shape index (κ2) is 4.83. The summed E-state index contributed by atoms with van der Waals surface area (Å²) in [6, 6.07) is 3.42. The average Bonchev–Trinajstić information content (AvgIpc) is 2.89. The molecule has 6 heteroatoms. The van der Waals surface area contributed by atoms with Crippen molar-refractivity contribution in [2.45, 2.75) is 10.6 Å². The van der Waals surface area contributed by atoms with Gasteiger partial charge in [0.25, 0.3) is 10.0 Å². The molecule has 4 nitrogen and oxygen atoms in total. The van der Waals surface area contributed by atoms with Gasteiger partial charge in [-0.1, -0.05) is 6.07 Å². The molecular weight excluding hydrogens is 244 g/mol. The molecule has 1 fully saturated rings. The van der Waals surface area contributed by atoms with Gasteiger partial charge in [0.15, 0.2) is 0 Å². The second-order valence-corrected chi connectivity index (χ2v) is 7.30. The highest BCUT2D eigenvalue weighted by Gasteiger charge is 2.25. The van der Waals surface area contributed by atoms with Crippen LogP contribution >= 0.6 is 11.3 Å². The maximum absolute atomic E-state index is 12.1. The van der Waals surface area contributed by atoms with Gasteiger partial charge in [-0.05, 0) is 36.9 Å². The Labute approximate surface area is 100 Å². The molecule has 0 bridgehead atoms. The first kappa shape index (κ1) is 12.0. The second-order valence-electron chi connectivity index (χ2n) is 4.08. The number of nitrogens with one attached hydrogen (secondary N) is 1. The molecule has 0 spiro atoms. The van der Waals surface area contributed by atoms with Crippen molar-refractivity contribution in [1.82, 2.24) is 9.62 Å². The zero-order valence-electron chi connectivity index (χ0n) is 9.22. The van der Waals surface area contributed by atoms with Crippen molar-refractivity contribution in [1.29, 1.82) is 0 Å². The molecule has 16 heavy (non-hydrogen) atoms. The molecule has 0 saturated carbocycles. The lowest BCUT2D eigenvalue weighted by Crippen LogP contribution is -2.32. The third-order valence-electron chi connectivity index (χ3n) is 2.84. The van der Waals surface area contributed by atoms with E-state index in [4.69, 9.17) is 0 Å². The minimum atomic E-state index is -3.26. The normalized spacial score (nSPS) is 21.8. The van der Waals surface area contributed by atoms with E-state index in [1.807, 2.05) is 0 Å². The van der Waals surface area contributed by atoms with Crippen molar-refractivity contribution in [2.75, 3.05) is 26.7 Å². The van der Waals surface area contributed by atoms with Crippen LogP contribution in [0, 0.1) is 5.92 Å². The summed E-state index contributed by atoms with van der Waals surface area (Å²) in [5, 5.41) is 5.03. The third-order valence-corrected chi connectivity index (χ3v) is 6.03. The van der Waals surface area contributed by atoms with Gasteiger partial charge >= 0.3 is 0 Å².